The van der Waals surface area contributed by atoms with Crippen LogP contribution < -0.4 is 0 Å². The van der Waals surface area contributed by atoms with E-state index in [4.69, 9.17) is 11.6 Å². The van der Waals surface area contributed by atoms with Gasteiger partial charge in [-0.3, -0.25) is 9.59 Å². The Morgan fingerprint density at radius 2 is 1.83 bits per heavy atom. The molecule has 2 aliphatic rings. The number of likely N-dealkylation sites (tertiary alicyclic amines) is 2. The normalized spacial score (nSPS) is 22.5. The van der Waals surface area contributed by atoms with Crippen LogP contribution in [0.25, 0.3) is 0 Å². The molecule has 1 aromatic rings. The van der Waals surface area contributed by atoms with Crippen LogP contribution in [0.3, 0.4) is 0 Å². The van der Waals surface area contributed by atoms with Crippen LogP contribution >= 0.6 is 11.6 Å². The maximum absolute atomic E-state index is 12.7. The predicted octanol–water partition coefficient (Wildman–Crippen LogP) is 3.45. The van der Waals surface area contributed by atoms with Crippen molar-refractivity contribution in [3.05, 3.63) is 34.9 Å². The van der Waals surface area contributed by atoms with Gasteiger partial charge < -0.3 is 9.80 Å². The summed E-state index contributed by atoms with van der Waals surface area (Å²) in [6, 6.07) is 7.06. The van der Waals surface area contributed by atoms with Crippen molar-refractivity contribution in [1.29, 1.82) is 0 Å². The molecule has 4 nitrogen and oxygen atoms in total. The van der Waals surface area contributed by atoms with Crippen LogP contribution in [0.4, 0.5) is 0 Å². The summed E-state index contributed by atoms with van der Waals surface area (Å²) < 4.78 is 0. The SMILES string of the molecule is CC1CCCN(C(=O)C2CCN(C(=O)c3cccc(Cl)c3)CC2)C1. The fourth-order valence-corrected chi connectivity index (χ4v) is 3.97. The first kappa shape index (κ1) is 17.3. The topological polar surface area (TPSA) is 40.6 Å². The first-order valence-corrected chi connectivity index (χ1v) is 9.26. The van der Waals surface area contributed by atoms with E-state index in [2.05, 4.69) is 6.92 Å². The molecule has 2 amide bonds. The van der Waals surface area contributed by atoms with Crippen LogP contribution in [0, 0.1) is 11.8 Å². The van der Waals surface area contributed by atoms with Gasteiger partial charge in [-0.1, -0.05) is 24.6 Å². The average molecular weight is 349 g/mol. The fraction of sp³-hybridized carbons (Fsp3) is 0.579. The maximum Gasteiger partial charge on any atom is 0.253 e. The number of piperidine rings is 2. The molecule has 130 valence electrons. The molecule has 0 aliphatic carbocycles. The van der Waals surface area contributed by atoms with Crippen molar-refractivity contribution in [2.75, 3.05) is 26.2 Å². The van der Waals surface area contributed by atoms with Gasteiger partial charge in [0.15, 0.2) is 0 Å². The molecule has 0 bridgehead atoms. The summed E-state index contributed by atoms with van der Waals surface area (Å²) in [5.74, 6) is 0.970. The smallest absolute Gasteiger partial charge is 0.253 e. The van der Waals surface area contributed by atoms with E-state index in [0.717, 1.165) is 32.4 Å². The Morgan fingerprint density at radius 3 is 2.50 bits per heavy atom. The highest BCUT2D eigenvalue weighted by molar-refractivity contribution is 6.30. The molecule has 1 aromatic carbocycles. The molecule has 24 heavy (non-hydrogen) atoms. The summed E-state index contributed by atoms with van der Waals surface area (Å²) in [7, 11) is 0. The minimum atomic E-state index is 0.00925. The Bertz CT molecular complexity index is 611. The molecule has 0 N–H and O–H groups in total. The van der Waals surface area contributed by atoms with E-state index in [9.17, 15) is 9.59 Å². The number of rotatable bonds is 2. The lowest BCUT2D eigenvalue weighted by Crippen LogP contribution is -2.47. The highest BCUT2D eigenvalue weighted by Crippen LogP contribution is 2.24. The van der Waals surface area contributed by atoms with E-state index in [0.29, 0.717) is 29.6 Å². The number of nitrogens with zero attached hydrogens (tertiary/aromatic N) is 2. The second-order valence-corrected chi connectivity index (χ2v) is 7.54. The quantitative estimate of drug-likeness (QED) is 0.821. The number of carbonyl (C=O) groups is 2. The third kappa shape index (κ3) is 3.92. The highest BCUT2D eigenvalue weighted by atomic mass is 35.5. The Labute approximate surface area is 148 Å². The molecule has 2 saturated heterocycles. The lowest BCUT2D eigenvalue weighted by atomic mass is 9.92. The Kier molecular flexibility index (Phi) is 5.44. The van der Waals surface area contributed by atoms with Crippen LogP contribution in [-0.4, -0.2) is 47.8 Å². The minimum Gasteiger partial charge on any atom is -0.342 e. The first-order chi connectivity index (χ1) is 11.5. The summed E-state index contributed by atoms with van der Waals surface area (Å²) >= 11 is 5.97. The van der Waals surface area contributed by atoms with E-state index in [-0.39, 0.29) is 17.7 Å². The third-order valence-electron chi connectivity index (χ3n) is 5.17. The molecular formula is C19H25ClN2O2. The number of hydrogen-bond acceptors (Lipinski definition) is 2. The first-order valence-electron chi connectivity index (χ1n) is 8.88. The molecular weight excluding hydrogens is 324 g/mol. The van der Waals surface area contributed by atoms with Crippen molar-refractivity contribution in [3.8, 4) is 0 Å². The molecule has 2 fully saturated rings. The molecule has 1 unspecified atom stereocenters. The van der Waals surface area contributed by atoms with Gasteiger partial charge in [0.05, 0.1) is 0 Å². The van der Waals surface area contributed by atoms with Crippen LogP contribution in [-0.2, 0) is 4.79 Å². The third-order valence-corrected chi connectivity index (χ3v) is 5.41. The van der Waals surface area contributed by atoms with E-state index >= 15 is 0 Å². The van der Waals surface area contributed by atoms with E-state index in [1.54, 1.807) is 24.3 Å². The average Bonchev–Trinajstić information content (AvgIpc) is 2.60. The van der Waals surface area contributed by atoms with E-state index < -0.39 is 0 Å². The van der Waals surface area contributed by atoms with E-state index in [1.807, 2.05) is 9.80 Å². The zero-order valence-corrected chi connectivity index (χ0v) is 15.0. The van der Waals surface area contributed by atoms with Crippen LogP contribution in [0.1, 0.15) is 43.0 Å². The standard InChI is InChI=1S/C19H25ClN2O2/c1-14-4-3-9-22(13-14)18(23)15-7-10-21(11-8-15)19(24)16-5-2-6-17(20)12-16/h2,5-6,12,14-15H,3-4,7-11,13H2,1H3. The van der Waals surface area contributed by atoms with Crippen molar-refractivity contribution in [1.82, 2.24) is 9.80 Å². The molecule has 3 rings (SSSR count). The number of hydrogen-bond donors (Lipinski definition) is 0. The lowest BCUT2D eigenvalue weighted by molar-refractivity contribution is -0.138. The largest absolute Gasteiger partial charge is 0.342 e. The molecule has 0 radical (unpaired) electrons. The second kappa shape index (κ2) is 7.56. The molecule has 1 atom stereocenters. The van der Waals surface area contributed by atoms with Gasteiger partial charge in [0.2, 0.25) is 5.91 Å². The van der Waals surface area contributed by atoms with Gasteiger partial charge in [-0.05, 0) is 49.8 Å². The van der Waals surface area contributed by atoms with Gasteiger partial charge in [-0.15, -0.1) is 0 Å². The summed E-state index contributed by atoms with van der Waals surface area (Å²) in [5.41, 5.74) is 0.622. The summed E-state index contributed by atoms with van der Waals surface area (Å²) in [4.78, 5) is 29.1. The molecule has 0 saturated carbocycles. The molecule has 2 heterocycles. The van der Waals surface area contributed by atoms with Crippen LogP contribution in [0.15, 0.2) is 24.3 Å². The van der Waals surface area contributed by atoms with Crippen molar-refractivity contribution in [2.45, 2.75) is 32.6 Å². The summed E-state index contributed by atoms with van der Waals surface area (Å²) in [6.45, 7) is 5.29. The lowest BCUT2D eigenvalue weighted by Gasteiger charge is -2.37. The maximum atomic E-state index is 12.7. The van der Waals surface area contributed by atoms with Crippen molar-refractivity contribution in [3.63, 3.8) is 0 Å². The number of benzene rings is 1. The van der Waals surface area contributed by atoms with Crippen molar-refractivity contribution >= 4 is 23.4 Å². The second-order valence-electron chi connectivity index (χ2n) is 7.11. The minimum absolute atomic E-state index is 0.00925. The van der Waals surface area contributed by atoms with E-state index in [1.165, 1.54) is 6.42 Å². The zero-order valence-electron chi connectivity index (χ0n) is 14.2. The highest BCUT2D eigenvalue weighted by Gasteiger charge is 2.32. The molecule has 5 heteroatoms. The number of amides is 2. The van der Waals surface area contributed by atoms with Crippen LogP contribution in [0.5, 0.6) is 0 Å². The van der Waals surface area contributed by atoms with Gasteiger partial charge in [0.1, 0.15) is 0 Å². The Morgan fingerprint density at radius 1 is 1.08 bits per heavy atom. The fourth-order valence-electron chi connectivity index (χ4n) is 3.78. The zero-order chi connectivity index (χ0) is 17.1. The monoisotopic (exact) mass is 348 g/mol. The van der Waals surface area contributed by atoms with Crippen molar-refractivity contribution < 1.29 is 9.59 Å². The van der Waals surface area contributed by atoms with Gasteiger partial charge in [0, 0.05) is 42.7 Å². The molecule has 0 aromatic heterocycles. The van der Waals surface area contributed by atoms with Gasteiger partial charge >= 0.3 is 0 Å². The Balaban J connectivity index is 1.55. The molecule has 2 aliphatic heterocycles. The Hall–Kier alpha value is -1.55. The van der Waals surface area contributed by atoms with Gasteiger partial charge in [0.25, 0.3) is 5.91 Å². The molecule has 0 spiro atoms. The van der Waals surface area contributed by atoms with Gasteiger partial charge in [-0.25, -0.2) is 0 Å². The predicted molar refractivity (Wildman–Crippen MR) is 95.1 cm³/mol. The summed E-state index contributed by atoms with van der Waals surface area (Å²) in [6.07, 6.45) is 3.85. The van der Waals surface area contributed by atoms with Gasteiger partial charge in [-0.2, -0.15) is 0 Å². The van der Waals surface area contributed by atoms with Crippen LogP contribution in [0.2, 0.25) is 5.02 Å². The summed E-state index contributed by atoms with van der Waals surface area (Å²) in [5, 5.41) is 0.574. The van der Waals surface area contributed by atoms with Crippen molar-refractivity contribution in [2.24, 2.45) is 11.8 Å². The number of halogens is 1. The number of carbonyl (C=O) groups excluding carboxylic acids is 2.